The first-order valence-corrected chi connectivity index (χ1v) is 8.22. The maximum atomic E-state index is 12.4. The summed E-state index contributed by atoms with van der Waals surface area (Å²) in [6.07, 6.45) is 0.264. The third-order valence-electron chi connectivity index (χ3n) is 4.21. The molecule has 5 heteroatoms. The lowest BCUT2D eigenvalue weighted by atomic mass is 10.1. The largest absolute Gasteiger partial charge is 0.496 e. The van der Waals surface area contributed by atoms with Gasteiger partial charge in [-0.3, -0.25) is 9.59 Å². The van der Waals surface area contributed by atoms with Crippen LogP contribution in [0, 0.1) is 0 Å². The Morgan fingerprint density at radius 3 is 2.40 bits per heavy atom. The lowest BCUT2D eigenvalue weighted by molar-refractivity contribution is -0.133. The Labute approximate surface area is 148 Å². The standard InChI is InChI=1S/C20H24N2O3/c1-15(17-11-7-8-12-18(17)25-3)22(2)20(24)14-21-19(23)13-16-9-5-4-6-10-16/h4-12,15H,13-14H2,1-3H3,(H,21,23). The molecule has 0 saturated carbocycles. The third kappa shape index (κ3) is 5.08. The smallest absolute Gasteiger partial charge is 0.242 e. The van der Waals surface area contributed by atoms with Crippen LogP contribution in [0.15, 0.2) is 54.6 Å². The molecule has 0 aliphatic carbocycles. The van der Waals surface area contributed by atoms with Gasteiger partial charge in [0.25, 0.3) is 0 Å². The molecule has 0 fully saturated rings. The van der Waals surface area contributed by atoms with Gasteiger partial charge in [-0.1, -0.05) is 48.5 Å². The summed E-state index contributed by atoms with van der Waals surface area (Å²) < 4.78 is 5.35. The fourth-order valence-corrected chi connectivity index (χ4v) is 2.58. The first-order chi connectivity index (χ1) is 12.0. The molecule has 0 aliphatic heterocycles. The summed E-state index contributed by atoms with van der Waals surface area (Å²) in [7, 11) is 3.33. The molecular weight excluding hydrogens is 316 g/mol. The van der Waals surface area contributed by atoms with Crippen LogP contribution in [0.4, 0.5) is 0 Å². The van der Waals surface area contributed by atoms with Crippen molar-refractivity contribution in [3.8, 4) is 5.75 Å². The second-order valence-electron chi connectivity index (χ2n) is 5.86. The number of amides is 2. The monoisotopic (exact) mass is 340 g/mol. The molecule has 2 rings (SSSR count). The fourth-order valence-electron chi connectivity index (χ4n) is 2.58. The van der Waals surface area contributed by atoms with E-state index in [1.165, 1.54) is 0 Å². The molecule has 1 N–H and O–H groups in total. The van der Waals surface area contributed by atoms with Gasteiger partial charge in [-0.2, -0.15) is 0 Å². The number of nitrogens with one attached hydrogen (secondary N) is 1. The predicted octanol–water partition coefficient (Wildman–Crippen LogP) is 2.57. The van der Waals surface area contributed by atoms with Gasteiger partial charge in [0, 0.05) is 12.6 Å². The molecule has 0 spiro atoms. The first kappa shape index (κ1) is 18.5. The molecule has 2 amide bonds. The molecule has 0 bridgehead atoms. The summed E-state index contributed by atoms with van der Waals surface area (Å²) >= 11 is 0. The highest BCUT2D eigenvalue weighted by Crippen LogP contribution is 2.27. The number of carbonyl (C=O) groups is 2. The van der Waals surface area contributed by atoms with E-state index in [9.17, 15) is 9.59 Å². The minimum absolute atomic E-state index is 0.0261. The van der Waals surface area contributed by atoms with E-state index >= 15 is 0 Å². The van der Waals surface area contributed by atoms with Crippen molar-refractivity contribution < 1.29 is 14.3 Å². The molecule has 0 saturated heterocycles. The van der Waals surface area contributed by atoms with Gasteiger partial charge in [-0.15, -0.1) is 0 Å². The number of para-hydroxylation sites is 1. The summed E-state index contributed by atoms with van der Waals surface area (Å²) in [5, 5.41) is 2.69. The molecule has 2 aromatic rings. The molecule has 1 unspecified atom stereocenters. The van der Waals surface area contributed by atoms with Crippen molar-refractivity contribution in [1.82, 2.24) is 10.2 Å². The van der Waals surface area contributed by atoms with Gasteiger partial charge in [-0.05, 0) is 18.6 Å². The quantitative estimate of drug-likeness (QED) is 0.843. The average Bonchev–Trinajstić information content (AvgIpc) is 2.65. The number of carbonyl (C=O) groups excluding carboxylic acids is 2. The van der Waals surface area contributed by atoms with Crippen LogP contribution in [-0.2, 0) is 16.0 Å². The lowest BCUT2D eigenvalue weighted by Crippen LogP contribution is -2.39. The number of rotatable bonds is 7. The zero-order valence-corrected chi connectivity index (χ0v) is 14.9. The molecule has 2 aromatic carbocycles. The Bertz CT molecular complexity index is 716. The number of benzene rings is 2. The van der Waals surface area contributed by atoms with Gasteiger partial charge in [0.1, 0.15) is 5.75 Å². The van der Waals surface area contributed by atoms with Crippen LogP contribution < -0.4 is 10.1 Å². The van der Waals surface area contributed by atoms with E-state index in [-0.39, 0.29) is 30.8 Å². The van der Waals surface area contributed by atoms with Crippen molar-refractivity contribution >= 4 is 11.8 Å². The van der Waals surface area contributed by atoms with Gasteiger partial charge in [0.15, 0.2) is 0 Å². The molecule has 0 aromatic heterocycles. The molecule has 0 heterocycles. The normalized spacial score (nSPS) is 11.5. The van der Waals surface area contributed by atoms with Gasteiger partial charge in [0.05, 0.1) is 26.1 Å². The highest BCUT2D eigenvalue weighted by atomic mass is 16.5. The van der Waals surface area contributed by atoms with Crippen LogP contribution in [0.25, 0.3) is 0 Å². The van der Waals surface area contributed by atoms with Crippen LogP contribution in [0.5, 0.6) is 5.75 Å². The lowest BCUT2D eigenvalue weighted by Gasteiger charge is -2.26. The van der Waals surface area contributed by atoms with Gasteiger partial charge >= 0.3 is 0 Å². The van der Waals surface area contributed by atoms with Crippen LogP contribution >= 0.6 is 0 Å². The van der Waals surface area contributed by atoms with Crippen LogP contribution in [-0.4, -0.2) is 37.4 Å². The Hall–Kier alpha value is -2.82. The van der Waals surface area contributed by atoms with Crippen LogP contribution in [0.2, 0.25) is 0 Å². The highest BCUT2D eigenvalue weighted by molar-refractivity contribution is 5.85. The van der Waals surface area contributed by atoms with E-state index in [1.54, 1.807) is 19.1 Å². The summed E-state index contributed by atoms with van der Waals surface area (Å²) in [5.74, 6) is 0.417. The first-order valence-electron chi connectivity index (χ1n) is 8.22. The SMILES string of the molecule is COc1ccccc1C(C)N(C)C(=O)CNC(=O)Cc1ccccc1. The van der Waals surface area contributed by atoms with Crippen molar-refractivity contribution in [1.29, 1.82) is 0 Å². The van der Waals surface area contributed by atoms with E-state index in [1.807, 2.05) is 61.5 Å². The Morgan fingerprint density at radius 2 is 1.72 bits per heavy atom. The number of likely N-dealkylation sites (N-methyl/N-ethyl adjacent to an activating group) is 1. The summed E-state index contributed by atoms with van der Waals surface area (Å²) in [5.41, 5.74) is 1.85. The second-order valence-corrected chi connectivity index (χ2v) is 5.86. The van der Waals surface area contributed by atoms with Crippen molar-refractivity contribution in [2.24, 2.45) is 0 Å². The van der Waals surface area contributed by atoms with Crippen molar-refractivity contribution in [2.45, 2.75) is 19.4 Å². The molecule has 1 atom stereocenters. The summed E-state index contributed by atoms with van der Waals surface area (Å²) in [6.45, 7) is 1.91. The number of methoxy groups -OCH3 is 1. The summed E-state index contributed by atoms with van der Waals surface area (Å²) in [6, 6.07) is 16.9. The third-order valence-corrected chi connectivity index (χ3v) is 4.21. The fraction of sp³-hybridized carbons (Fsp3) is 0.300. The predicted molar refractivity (Wildman–Crippen MR) is 97.3 cm³/mol. The van der Waals surface area contributed by atoms with E-state index in [4.69, 9.17) is 4.74 Å². The average molecular weight is 340 g/mol. The van der Waals surface area contributed by atoms with Crippen molar-refractivity contribution in [2.75, 3.05) is 20.7 Å². The van der Waals surface area contributed by atoms with Crippen molar-refractivity contribution in [3.05, 3.63) is 65.7 Å². The van der Waals surface area contributed by atoms with E-state index in [0.29, 0.717) is 0 Å². The number of ether oxygens (including phenoxy) is 1. The maximum Gasteiger partial charge on any atom is 0.242 e. The second kappa shape index (κ2) is 8.87. The number of hydrogen-bond donors (Lipinski definition) is 1. The van der Waals surface area contributed by atoms with Gasteiger partial charge < -0.3 is 15.0 Å². The zero-order valence-electron chi connectivity index (χ0n) is 14.9. The Morgan fingerprint density at radius 1 is 1.08 bits per heavy atom. The number of hydrogen-bond acceptors (Lipinski definition) is 3. The molecule has 132 valence electrons. The highest BCUT2D eigenvalue weighted by Gasteiger charge is 2.20. The molecule has 0 aliphatic rings. The Balaban J connectivity index is 1.90. The van der Waals surface area contributed by atoms with E-state index < -0.39 is 0 Å². The summed E-state index contributed by atoms with van der Waals surface area (Å²) in [4.78, 5) is 26.0. The van der Waals surface area contributed by atoms with E-state index in [2.05, 4.69) is 5.32 Å². The van der Waals surface area contributed by atoms with E-state index in [0.717, 1.165) is 16.9 Å². The zero-order chi connectivity index (χ0) is 18.2. The van der Waals surface area contributed by atoms with Crippen LogP contribution in [0.3, 0.4) is 0 Å². The maximum absolute atomic E-state index is 12.4. The topological polar surface area (TPSA) is 58.6 Å². The van der Waals surface area contributed by atoms with Gasteiger partial charge in [0.2, 0.25) is 11.8 Å². The van der Waals surface area contributed by atoms with Crippen molar-refractivity contribution in [3.63, 3.8) is 0 Å². The molecule has 0 radical (unpaired) electrons. The molecular formula is C20H24N2O3. The molecule has 5 nitrogen and oxygen atoms in total. The minimum atomic E-state index is -0.169. The minimum Gasteiger partial charge on any atom is -0.496 e. The van der Waals surface area contributed by atoms with Gasteiger partial charge in [-0.25, -0.2) is 0 Å². The Kier molecular flexibility index (Phi) is 6.57. The van der Waals surface area contributed by atoms with Crippen LogP contribution in [0.1, 0.15) is 24.1 Å². The molecule has 25 heavy (non-hydrogen) atoms. The number of nitrogens with zero attached hydrogens (tertiary/aromatic N) is 1.